The molecule has 74 valence electrons. The van der Waals surface area contributed by atoms with E-state index < -0.39 is 0 Å². The fraction of sp³-hybridized carbons (Fsp3) is 0.333. The highest BCUT2D eigenvalue weighted by Gasteiger charge is 2.05. The van der Waals surface area contributed by atoms with Crippen molar-refractivity contribution in [1.29, 1.82) is 0 Å². The van der Waals surface area contributed by atoms with E-state index in [1.807, 2.05) is 0 Å². The first-order valence-electron chi connectivity index (χ1n) is 5.20. The predicted molar refractivity (Wildman–Crippen MR) is 58.4 cm³/mol. The standard InChI is InChI=1S/C12H16N2/c1-3-11-7-8-12(4-2)14(11)13-9-5-6-10-13/h5-10H,3-4H2,1-2H3. The highest BCUT2D eigenvalue weighted by Crippen LogP contribution is 2.11. The second kappa shape index (κ2) is 3.74. The van der Waals surface area contributed by atoms with Gasteiger partial charge in [0, 0.05) is 23.8 Å². The van der Waals surface area contributed by atoms with Gasteiger partial charge in [-0.05, 0) is 37.1 Å². The lowest BCUT2D eigenvalue weighted by Gasteiger charge is -2.12. The van der Waals surface area contributed by atoms with Crippen LogP contribution in [0.1, 0.15) is 25.2 Å². The first kappa shape index (κ1) is 9.13. The van der Waals surface area contributed by atoms with Crippen molar-refractivity contribution < 1.29 is 0 Å². The normalized spacial score (nSPS) is 10.7. The van der Waals surface area contributed by atoms with Gasteiger partial charge in [-0.3, -0.25) is 9.35 Å². The average molecular weight is 188 g/mol. The molecule has 0 saturated carbocycles. The van der Waals surface area contributed by atoms with E-state index in [-0.39, 0.29) is 0 Å². The highest BCUT2D eigenvalue weighted by molar-refractivity contribution is 5.17. The summed E-state index contributed by atoms with van der Waals surface area (Å²) in [4.78, 5) is 0. The zero-order valence-corrected chi connectivity index (χ0v) is 8.77. The van der Waals surface area contributed by atoms with Gasteiger partial charge in [0.05, 0.1) is 0 Å². The predicted octanol–water partition coefficient (Wildman–Crippen LogP) is 2.73. The fourth-order valence-corrected chi connectivity index (χ4v) is 1.81. The van der Waals surface area contributed by atoms with Crippen molar-refractivity contribution in [2.75, 3.05) is 0 Å². The average Bonchev–Trinajstić information content (AvgIpc) is 2.85. The van der Waals surface area contributed by atoms with Gasteiger partial charge in [-0.1, -0.05) is 13.8 Å². The van der Waals surface area contributed by atoms with E-state index in [0.717, 1.165) is 12.8 Å². The largest absolute Gasteiger partial charge is 0.264 e. The van der Waals surface area contributed by atoms with Crippen LogP contribution < -0.4 is 0 Å². The van der Waals surface area contributed by atoms with Crippen LogP contribution in [-0.4, -0.2) is 9.35 Å². The van der Waals surface area contributed by atoms with Gasteiger partial charge in [0.15, 0.2) is 0 Å². The Balaban J connectivity index is 2.54. The van der Waals surface area contributed by atoms with E-state index in [1.54, 1.807) is 0 Å². The van der Waals surface area contributed by atoms with Crippen molar-refractivity contribution in [3.63, 3.8) is 0 Å². The van der Waals surface area contributed by atoms with E-state index >= 15 is 0 Å². The third-order valence-electron chi connectivity index (χ3n) is 2.56. The first-order chi connectivity index (χ1) is 6.86. The van der Waals surface area contributed by atoms with Crippen LogP contribution in [0.5, 0.6) is 0 Å². The minimum absolute atomic E-state index is 1.07. The molecule has 0 radical (unpaired) electrons. The molecule has 0 N–H and O–H groups in total. The van der Waals surface area contributed by atoms with Gasteiger partial charge in [0.25, 0.3) is 0 Å². The summed E-state index contributed by atoms with van der Waals surface area (Å²) in [5, 5.41) is 0. The Kier molecular flexibility index (Phi) is 2.44. The zero-order chi connectivity index (χ0) is 9.97. The molecule has 0 aromatic carbocycles. The molecule has 0 aliphatic carbocycles. The number of nitrogens with zero attached hydrogens (tertiary/aromatic N) is 2. The molecule has 0 aliphatic rings. The summed E-state index contributed by atoms with van der Waals surface area (Å²) < 4.78 is 4.41. The van der Waals surface area contributed by atoms with Crippen LogP contribution in [0.25, 0.3) is 0 Å². The molecule has 0 aliphatic heterocycles. The van der Waals surface area contributed by atoms with Crippen molar-refractivity contribution in [1.82, 2.24) is 9.35 Å². The Bertz CT molecular complexity index is 374. The van der Waals surface area contributed by atoms with Crippen molar-refractivity contribution in [2.45, 2.75) is 26.7 Å². The minimum Gasteiger partial charge on any atom is -0.264 e. The topological polar surface area (TPSA) is 9.86 Å². The molecule has 2 aromatic rings. The fourth-order valence-electron chi connectivity index (χ4n) is 1.81. The first-order valence-corrected chi connectivity index (χ1v) is 5.20. The van der Waals surface area contributed by atoms with Crippen LogP contribution in [0.15, 0.2) is 36.7 Å². The summed E-state index contributed by atoms with van der Waals surface area (Å²) in [5.74, 6) is 0. The lowest BCUT2D eigenvalue weighted by atomic mass is 10.3. The molecule has 0 amide bonds. The van der Waals surface area contributed by atoms with Crippen molar-refractivity contribution in [3.05, 3.63) is 48.0 Å². The van der Waals surface area contributed by atoms with Crippen LogP contribution in [-0.2, 0) is 12.8 Å². The number of hydrogen-bond acceptors (Lipinski definition) is 0. The summed E-state index contributed by atoms with van der Waals surface area (Å²) in [6, 6.07) is 8.52. The third kappa shape index (κ3) is 1.37. The number of aryl methyl sites for hydroxylation is 2. The number of hydrogen-bond donors (Lipinski definition) is 0. The summed E-state index contributed by atoms with van der Waals surface area (Å²) in [6.45, 7) is 4.38. The quantitative estimate of drug-likeness (QED) is 0.701. The molecule has 2 rings (SSSR count). The van der Waals surface area contributed by atoms with E-state index in [4.69, 9.17) is 0 Å². The Morgan fingerprint density at radius 3 is 1.86 bits per heavy atom. The van der Waals surface area contributed by atoms with Crippen molar-refractivity contribution in [3.8, 4) is 0 Å². The van der Waals surface area contributed by atoms with Gasteiger partial charge in [-0.25, -0.2) is 0 Å². The van der Waals surface area contributed by atoms with Crippen LogP contribution >= 0.6 is 0 Å². The Morgan fingerprint density at radius 1 is 0.929 bits per heavy atom. The molecular weight excluding hydrogens is 172 g/mol. The summed E-state index contributed by atoms with van der Waals surface area (Å²) in [5.41, 5.74) is 2.72. The molecule has 0 bridgehead atoms. The Labute approximate surface area is 84.8 Å². The molecule has 0 saturated heterocycles. The van der Waals surface area contributed by atoms with Gasteiger partial charge in [0.2, 0.25) is 0 Å². The number of aromatic nitrogens is 2. The molecule has 14 heavy (non-hydrogen) atoms. The minimum atomic E-state index is 1.07. The van der Waals surface area contributed by atoms with Gasteiger partial charge >= 0.3 is 0 Å². The Morgan fingerprint density at radius 2 is 1.43 bits per heavy atom. The van der Waals surface area contributed by atoms with Gasteiger partial charge in [-0.15, -0.1) is 0 Å². The van der Waals surface area contributed by atoms with E-state index in [2.05, 4.69) is 59.9 Å². The lowest BCUT2D eigenvalue weighted by Crippen LogP contribution is -2.12. The molecule has 0 spiro atoms. The highest BCUT2D eigenvalue weighted by atomic mass is 15.5. The summed E-state index contributed by atoms with van der Waals surface area (Å²) in [7, 11) is 0. The van der Waals surface area contributed by atoms with Gasteiger partial charge in [0.1, 0.15) is 0 Å². The van der Waals surface area contributed by atoms with Crippen LogP contribution in [0.3, 0.4) is 0 Å². The maximum absolute atomic E-state index is 2.28. The van der Waals surface area contributed by atoms with E-state index in [9.17, 15) is 0 Å². The summed E-state index contributed by atoms with van der Waals surface area (Å²) in [6.07, 6.45) is 6.30. The van der Waals surface area contributed by atoms with Crippen LogP contribution in [0.2, 0.25) is 0 Å². The van der Waals surface area contributed by atoms with Crippen molar-refractivity contribution in [2.24, 2.45) is 0 Å². The lowest BCUT2D eigenvalue weighted by molar-refractivity contribution is 0.604. The van der Waals surface area contributed by atoms with Crippen LogP contribution in [0.4, 0.5) is 0 Å². The molecular formula is C12H16N2. The second-order valence-electron chi connectivity index (χ2n) is 3.40. The van der Waals surface area contributed by atoms with E-state index in [0.29, 0.717) is 0 Å². The van der Waals surface area contributed by atoms with Crippen LogP contribution in [0, 0.1) is 0 Å². The smallest absolute Gasteiger partial charge is 0.0404 e. The maximum atomic E-state index is 2.28. The SMILES string of the molecule is CCc1ccc(CC)n1-n1cccc1. The molecule has 0 fully saturated rings. The molecule has 2 nitrogen and oxygen atoms in total. The molecule has 2 heterocycles. The molecule has 0 unspecified atom stereocenters. The molecule has 0 atom stereocenters. The van der Waals surface area contributed by atoms with Gasteiger partial charge in [-0.2, -0.15) is 0 Å². The third-order valence-corrected chi connectivity index (χ3v) is 2.56. The monoisotopic (exact) mass is 188 g/mol. The van der Waals surface area contributed by atoms with Crippen molar-refractivity contribution >= 4 is 0 Å². The Hall–Kier alpha value is -1.44. The second-order valence-corrected chi connectivity index (χ2v) is 3.40. The zero-order valence-electron chi connectivity index (χ0n) is 8.77. The molecule has 2 aromatic heterocycles. The van der Waals surface area contributed by atoms with Gasteiger partial charge < -0.3 is 0 Å². The number of rotatable bonds is 3. The molecule has 2 heteroatoms. The maximum Gasteiger partial charge on any atom is 0.0404 e. The van der Waals surface area contributed by atoms with E-state index in [1.165, 1.54) is 11.4 Å². The summed E-state index contributed by atoms with van der Waals surface area (Å²) >= 11 is 0.